The second-order valence-corrected chi connectivity index (χ2v) is 7.45. The summed E-state index contributed by atoms with van der Waals surface area (Å²) in [5, 5.41) is 3.37. The SMILES string of the molecule is CCCCCCCCCCCCCCCCC[CH]Nc1ccccc1. The van der Waals surface area contributed by atoms with Gasteiger partial charge in [-0.05, 0) is 18.6 Å². The normalized spacial score (nSPS) is 10.9. The van der Waals surface area contributed by atoms with Crippen molar-refractivity contribution in [3.63, 3.8) is 0 Å². The van der Waals surface area contributed by atoms with Crippen LogP contribution in [0.2, 0.25) is 0 Å². The molecule has 0 amide bonds. The van der Waals surface area contributed by atoms with Crippen LogP contribution in [0.3, 0.4) is 0 Å². The van der Waals surface area contributed by atoms with Crippen LogP contribution in [0.25, 0.3) is 0 Å². The standard InChI is InChI=1S/C24H42N/c1-2-3-4-5-6-7-8-9-10-11-12-13-14-15-16-20-23-25-24-21-18-17-19-22-24/h17-19,21-23,25H,2-16,20H2,1H3. The highest BCUT2D eigenvalue weighted by molar-refractivity contribution is 5.43. The fraction of sp³-hybridized carbons (Fsp3) is 0.708. The highest BCUT2D eigenvalue weighted by Crippen LogP contribution is 2.14. The molecule has 0 bridgehead atoms. The second kappa shape index (κ2) is 17.8. The Kier molecular flexibility index (Phi) is 15.7. The van der Waals surface area contributed by atoms with Gasteiger partial charge in [-0.15, -0.1) is 0 Å². The number of nitrogens with one attached hydrogen (secondary N) is 1. The van der Waals surface area contributed by atoms with Crippen molar-refractivity contribution >= 4 is 5.69 Å². The first-order valence-corrected chi connectivity index (χ1v) is 11.1. The average Bonchev–Trinajstić information content (AvgIpc) is 2.65. The molecule has 0 saturated carbocycles. The maximum atomic E-state index is 3.37. The van der Waals surface area contributed by atoms with Crippen molar-refractivity contribution in [2.24, 2.45) is 0 Å². The molecule has 0 atom stereocenters. The third kappa shape index (κ3) is 15.0. The van der Waals surface area contributed by atoms with Gasteiger partial charge in [0.2, 0.25) is 0 Å². The summed E-state index contributed by atoms with van der Waals surface area (Å²) in [4.78, 5) is 0. The van der Waals surface area contributed by atoms with Gasteiger partial charge in [0.15, 0.2) is 0 Å². The third-order valence-electron chi connectivity index (χ3n) is 4.99. The lowest BCUT2D eigenvalue weighted by molar-refractivity contribution is 0.532. The first-order valence-electron chi connectivity index (χ1n) is 11.1. The van der Waals surface area contributed by atoms with E-state index in [-0.39, 0.29) is 0 Å². The van der Waals surface area contributed by atoms with Crippen molar-refractivity contribution < 1.29 is 0 Å². The highest BCUT2D eigenvalue weighted by atomic mass is 14.9. The van der Waals surface area contributed by atoms with Crippen LogP contribution in [-0.2, 0) is 0 Å². The summed E-state index contributed by atoms with van der Waals surface area (Å²) in [6, 6.07) is 10.4. The summed E-state index contributed by atoms with van der Waals surface area (Å²) < 4.78 is 0. The minimum absolute atomic E-state index is 1.17. The van der Waals surface area contributed by atoms with E-state index in [0.717, 1.165) is 0 Å². The van der Waals surface area contributed by atoms with Crippen LogP contribution in [-0.4, -0.2) is 0 Å². The van der Waals surface area contributed by atoms with E-state index < -0.39 is 0 Å². The Morgan fingerprint density at radius 3 is 1.52 bits per heavy atom. The lowest BCUT2D eigenvalue weighted by Crippen LogP contribution is -1.94. The molecule has 0 aromatic heterocycles. The Morgan fingerprint density at radius 2 is 1.04 bits per heavy atom. The Morgan fingerprint density at radius 1 is 0.600 bits per heavy atom. The van der Waals surface area contributed by atoms with E-state index in [2.05, 4.69) is 49.1 Å². The van der Waals surface area contributed by atoms with Crippen molar-refractivity contribution in [1.82, 2.24) is 0 Å². The fourth-order valence-electron chi connectivity index (χ4n) is 3.34. The summed E-state index contributed by atoms with van der Waals surface area (Å²) in [7, 11) is 0. The quantitative estimate of drug-likeness (QED) is 0.263. The highest BCUT2D eigenvalue weighted by Gasteiger charge is 1.95. The summed E-state index contributed by atoms with van der Waals surface area (Å²) >= 11 is 0. The molecule has 0 heterocycles. The van der Waals surface area contributed by atoms with Gasteiger partial charge in [0, 0.05) is 12.2 Å². The van der Waals surface area contributed by atoms with Gasteiger partial charge in [-0.1, -0.05) is 121 Å². The molecule has 1 heteroatoms. The zero-order valence-corrected chi connectivity index (χ0v) is 16.8. The molecule has 1 rings (SSSR count). The molecule has 25 heavy (non-hydrogen) atoms. The van der Waals surface area contributed by atoms with Gasteiger partial charge >= 0.3 is 0 Å². The van der Waals surface area contributed by atoms with Gasteiger partial charge in [-0.25, -0.2) is 0 Å². The lowest BCUT2D eigenvalue weighted by Gasteiger charge is -2.05. The van der Waals surface area contributed by atoms with Gasteiger partial charge in [0.1, 0.15) is 0 Å². The fourth-order valence-corrected chi connectivity index (χ4v) is 3.34. The zero-order valence-electron chi connectivity index (χ0n) is 16.8. The second-order valence-electron chi connectivity index (χ2n) is 7.45. The molecule has 143 valence electrons. The van der Waals surface area contributed by atoms with Crippen LogP contribution >= 0.6 is 0 Å². The van der Waals surface area contributed by atoms with E-state index in [9.17, 15) is 0 Å². The number of anilines is 1. The molecule has 0 spiro atoms. The molecule has 0 fully saturated rings. The van der Waals surface area contributed by atoms with E-state index in [0.29, 0.717) is 0 Å². The Labute approximate surface area is 158 Å². The van der Waals surface area contributed by atoms with Gasteiger partial charge < -0.3 is 5.32 Å². The molecular formula is C24H42N. The van der Waals surface area contributed by atoms with E-state index in [1.165, 1.54) is 108 Å². The lowest BCUT2D eigenvalue weighted by atomic mass is 10.0. The first kappa shape index (κ1) is 22.1. The number of hydrogen-bond acceptors (Lipinski definition) is 1. The van der Waals surface area contributed by atoms with Crippen LogP contribution < -0.4 is 5.32 Å². The number of hydrogen-bond donors (Lipinski definition) is 1. The van der Waals surface area contributed by atoms with Gasteiger partial charge in [-0.3, -0.25) is 0 Å². The summed E-state index contributed by atoms with van der Waals surface area (Å²) in [6.07, 6.45) is 22.7. The molecule has 1 nitrogen and oxygen atoms in total. The summed E-state index contributed by atoms with van der Waals surface area (Å²) in [6.45, 7) is 4.50. The van der Waals surface area contributed by atoms with Crippen LogP contribution in [0.1, 0.15) is 110 Å². The largest absolute Gasteiger partial charge is 0.380 e. The molecule has 0 aliphatic carbocycles. The molecule has 0 saturated heterocycles. The predicted octanol–water partition coefficient (Wildman–Crippen LogP) is 8.52. The van der Waals surface area contributed by atoms with Crippen LogP contribution in [0, 0.1) is 6.54 Å². The Balaban J connectivity index is 1.69. The van der Waals surface area contributed by atoms with Gasteiger partial charge in [0.05, 0.1) is 0 Å². The number of rotatable bonds is 18. The number of unbranched alkanes of at least 4 members (excludes halogenated alkanes) is 15. The van der Waals surface area contributed by atoms with Crippen LogP contribution in [0.4, 0.5) is 5.69 Å². The Hall–Kier alpha value is -0.980. The van der Waals surface area contributed by atoms with E-state index in [4.69, 9.17) is 0 Å². The topological polar surface area (TPSA) is 12.0 Å². The first-order chi connectivity index (χ1) is 12.4. The van der Waals surface area contributed by atoms with Gasteiger partial charge in [0.25, 0.3) is 0 Å². The molecule has 0 aliphatic rings. The van der Waals surface area contributed by atoms with E-state index in [1.54, 1.807) is 0 Å². The molecule has 0 aliphatic heterocycles. The smallest absolute Gasteiger partial charge is 0.0462 e. The predicted molar refractivity (Wildman–Crippen MR) is 114 cm³/mol. The number of para-hydroxylation sites is 1. The van der Waals surface area contributed by atoms with E-state index >= 15 is 0 Å². The van der Waals surface area contributed by atoms with Crippen molar-refractivity contribution in [3.8, 4) is 0 Å². The van der Waals surface area contributed by atoms with E-state index in [1.807, 2.05) is 0 Å². The average molecular weight is 345 g/mol. The Bertz CT molecular complexity index is 360. The monoisotopic (exact) mass is 344 g/mol. The molecule has 1 N–H and O–H groups in total. The van der Waals surface area contributed by atoms with Crippen LogP contribution in [0.15, 0.2) is 30.3 Å². The minimum Gasteiger partial charge on any atom is -0.380 e. The molecule has 0 unspecified atom stereocenters. The molecular weight excluding hydrogens is 302 g/mol. The van der Waals surface area contributed by atoms with Gasteiger partial charge in [-0.2, -0.15) is 0 Å². The van der Waals surface area contributed by atoms with Crippen LogP contribution in [0.5, 0.6) is 0 Å². The maximum absolute atomic E-state index is 3.37. The van der Waals surface area contributed by atoms with Crippen molar-refractivity contribution in [3.05, 3.63) is 36.9 Å². The maximum Gasteiger partial charge on any atom is 0.0462 e. The third-order valence-corrected chi connectivity index (χ3v) is 4.99. The number of benzene rings is 1. The van der Waals surface area contributed by atoms with Crippen molar-refractivity contribution in [2.75, 3.05) is 5.32 Å². The summed E-state index contributed by atoms with van der Waals surface area (Å²) in [5.74, 6) is 0. The van der Waals surface area contributed by atoms with Crippen molar-refractivity contribution in [1.29, 1.82) is 0 Å². The molecule has 1 aromatic carbocycles. The zero-order chi connectivity index (χ0) is 17.8. The minimum atomic E-state index is 1.17. The summed E-state index contributed by atoms with van der Waals surface area (Å²) in [5.41, 5.74) is 1.20. The molecule has 1 radical (unpaired) electrons. The van der Waals surface area contributed by atoms with Crippen molar-refractivity contribution in [2.45, 2.75) is 110 Å². The molecule has 1 aromatic rings.